The highest BCUT2D eigenvalue weighted by atomic mass is 32.1. The van der Waals surface area contributed by atoms with Crippen LogP contribution in [0.2, 0.25) is 0 Å². The van der Waals surface area contributed by atoms with Crippen molar-refractivity contribution in [3.63, 3.8) is 0 Å². The minimum Gasteiger partial charge on any atom is -0.465 e. The number of aromatic nitrogens is 8. The molecule has 4 heterocycles. The van der Waals surface area contributed by atoms with Crippen molar-refractivity contribution < 1.29 is 9.53 Å². The summed E-state index contributed by atoms with van der Waals surface area (Å²) < 4.78 is 6.78. The molecule has 0 aliphatic heterocycles. The highest BCUT2D eigenvalue weighted by Gasteiger charge is 2.61. The average molecular weight is 527 g/mol. The van der Waals surface area contributed by atoms with Crippen LogP contribution in [0.1, 0.15) is 59.6 Å². The summed E-state index contributed by atoms with van der Waals surface area (Å²) in [6.45, 7) is 1.93. The number of aryl methyl sites for hydroxylation is 1. The number of thiophene rings is 1. The standard InChI is InChI=1S/C27H26N8O2S/c1-15-19-22-29-25(32-34(22)14-28-23(19)38-20(15)24(36)37-2)26-9-16-8-17(10-26)12-27(11-16,13-26)35-31-21(30-33-35)18-6-4-3-5-7-18/h3-7,14,16-17H,8-13H2,1-2H3/t16-,17-,26?,27?/m1/s1. The van der Waals surface area contributed by atoms with Crippen molar-refractivity contribution in [3.8, 4) is 11.4 Å². The maximum atomic E-state index is 12.3. The monoisotopic (exact) mass is 526 g/mol. The van der Waals surface area contributed by atoms with Crippen molar-refractivity contribution in [2.24, 2.45) is 11.8 Å². The molecule has 11 heteroatoms. The molecule has 1 aromatic carbocycles. The van der Waals surface area contributed by atoms with E-state index in [0.29, 0.717) is 22.5 Å². The van der Waals surface area contributed by atoms with E-state index in [2.05, 4.69) is 15.3 Å². The van der Waals surface area contributed by atoms with E-state index in [-0.39, 0.29) is 16.9 Å². The molecular formula is C27H26N8O2S. The lowest BCUT2D eigenvalue weighted by Gasteiger charge is -2.60. The Morgan fingerprint density at radius 3 is 2.66 bits per heavy atom. The second kappa shape index (κ2) is 7.66. The highest BCUT2D eigenvalue weighted by molar-refractivity contribution is 7.20. The van der Waals surface area contributed by atoms with Crippen LogP contribution in [0.3, 0.4) is 0 Å². The second-order valence-electron chi connectivity index (χ2n) is 11.4. The molecule has 10 nitrogen and oxygen atoms in total. The molecule has 5 aromatic rings. The van der Waals surface area contributed by atoms with E-state index < -0.39 is 0 Å². The van der Waals surface area contributed by atoms with Gasteiger partial charge < -0.3 is 4.74 Å². The van der Waals surface area contributed by atoms with E-state index in [9.17, 15) is 4.79 Å². The van der Waals surface area contributed by atoms with Gasteiger partial charge in [-0.2, -0.15) is 4.80 Å². The third-order valence-electron chi connectivity index (χ3n) is 9.01. The van der Waals surface area contributed by atoms with Crippen molar-refractivity contribution in [1.29, 1.82) is 0 Å². The fourth-order valence-electron chi connectivity index (χ4n) is 7.87. The van der Waals surface area contributed by atoms with E-state index >= 15 is 0 Å². The second-order valence-corrected chi connectivity index (χ2v) is 12.4. The maximum absolute atomic E-state index is 12.3. The number of hydrogen-bond acceptors (Lipinski definition) is 9. The lowest BCUT2D eigenvalue weighted by molar-refractivity contribution is -0.0784. The van der Waals surface area contributed by atoms with Gasteiger partial charge in [0.15, 0.2) is 11.5 Å². The number of hydrogen-bond donors (Lipinski definition) is 0. The first-order valence-electron chi connectivity index (χ1n) is 13.1. The predicted molar refractivity (Wildman–Crippen MR) is 140 cm³/mol. The van der Waals surface area contributed by atoms with Gasteiger partial charge in [0.25, 0.3) is 0 Å². The average Bonchev–Trinajstić information content (AvgIpc) is 3.66. The van der Waals surface area contributed by atoms with Gasteiger partial charge in [0, 0.05) is 11.0 Å². The number of nitrogens with zero attached hydrogens (tertiary/aromatic N) is 8. The summed E-state index contributed by atoms with van der Waals surface area (Å²) in [7, 11) is 1.40. The Kier molecular flexibility index (Phi) is 4.49. The van der Waals surface area contributed by atoms with Crippen LogP contribution in [0.15, 0.2) is 36.7 Å². The summed E-state index contributed by atoms with van der Waals surface area (Å²) in [6, 6.07) is 10.0. The molecule has 9 rings (SSSR count). The Morgan fingerprint density at radius 2 is 1.89 bits per heavy atom. The molecule has 4 bridgehead atoms. The molecule has 4 saturated carbocycles. The zero-order chi connectivity index (χ0) is 25.6. The molecule has 4 fully saturated rings. The summed E-state index contributed by atoms with van der Waals surface area (Å²) in [5.41, 5.74) is 2.26. The molecule has 0 amide bonds. The Morgan fingerprint density at radius 1 is 1.11 bits per heavy atom. The number of carbonyl (C=O) groups is 1. The largest absolute Gasteiger partial charge is 0.465 e. The molecule has 4 aromatic heterocycles. The van der Waals surface area contributed by atoms with Gasteiger partial charge in [0.2, 0.25) is 5.82 Å². The van der Waals surface area contributed by atoms with E-state index in [1.165, 1.54) is 24.9 Å². The van der Waals surface area contributed by atoms with Crippen LogP contribution in [-0.4, -0.2) is 52.9 Å². The number of rotatable bonds is 4. The van der Waals surface area contributed by atoms with E-state index in [0.717, 1.165) is 64.9 Å². The van der Waals surface area contributed by atoms with Crippen molar-refractivity contribution in [2.75, 3.05) is 7.11 Å². The fourth-order valence-corrected chi connectivity index (χ4v) is 8.94. The van der Waals surface area contributed by atoms with E-state index in [1.807, 2.05) is 42.1 Å². The van der Waals surface area contributed by atoms with Gasteiger partial charge in [0.1, 0.15) is 16.0 Å². The minimum atomic E-state index is -0.346. The summed E-state index contributed by atoms with van der Waals surface area (Å²) in [6.07, 6.45) is 8.16. The molecule has 0 unspecified atom stereocenters. The normalized spacial score (nSPS) is 27.9. The molecule has 0 saturated heterocycles. The molecule has 2 atom stereocenters. The smallest absolute Gasteiger partial charge is 0.348 e. The summed E-state index contributed by atoms with van der Waals surface area (Å²) >= 11 is 1.34. The van der Waals surface area contributed by atoms with Crippen molar-refractivity contribution in [3.05, 3.63) is 52.9 Å². The number of methoxy groups -OCH3 is 1. The topological polar surface area (TPSA) is 113 Å². The molecule has 0 spiro atoms. The zero-order valence-electron chi connectivity index (χ0n) is 21.2. The molecular weight excluding hydrogens is 500 g/mol. The molecule has 4 aliphatic rings. The Balaban J connectivity index is 1.23. The van der Waals surface area contributed by atoms with Crippen LogP contribution in [0.25, 0.3) is 27.3 Å². The SMILES string of the molecule is COC(=O)c1sc2ncn3nc(C45C[C@H]6C[C@H](C4)CC(n4nnc(-c7ccccc7)n4)(C6)C5)nc3c2c1C. The van der Waals surface area contributed by atoms with E-state index in [1.54, 1.807) is 10.8 Å². The first-order chi connectivity index (χ1) is 18.5. The number of ether oxygens (including phenoxy) is 1. The molecule has 0 N–H and O–H groups in total. The number of esters is 1. The van der Waals surface area contributed by atoms with Crippen molar-refractivity contribution in [1.82, 2.24) is 39.8 Å². The lowest BCUT2D eigenvalue weighted by atomic mass is 9.46. The number of benzene rings is 1. The van der Waals surface area contributed by atoms with Crippen molar-refractivity contribution >= 4 is 33.2 Å². The molecule has 192 valence electrons. The maximum Gasteiger partial charge on any atom is 0.348 e. The third kappa shape index (κ3) is 3.02. The van der Waals surface area contributed by atoms with Gasteiger partial charge in [0.05, 0.1) is 18.0 Å². The first kappa shape index (κ1) is 22.3. The van der Waals surface area contributed by atoms with Gasteiger partial charge in [-0.15, -0.1) is 26.6 Å². The van der Waals surface area contributed by atoms with Crippen LogP contribution in [-0.2, 0) is 15.7 Å². The van der Waals surface area contributed by atoms with Crippen LogP contribution in [0.4, 0.5) is 0 Å². The van der Waals surface area contributed by atoms with Gasteiger partial charge in [-0.25, -0.2) is 19.3 Å². The van der Waals surface area contributed by atoms with Crippen LogP contribution < -0.4 is 0 Å². The third-order valence-corrected chi connectivity index (χ3v) is 10.2. The molecule has 0 radical (unpaired) electrons. The van der Waals surface area contributed by atoms with Crippen LogP contribution in [0, 0.1) is 18.8 Å². The van der Waals surface area contributed by atoms with Gasteiger partial charge >= 0.3 is 5.97 Å². The minimum absolute atomic E-state index is 0.141. The predicted octanol–water partition coefficient (Wildman–Crippen LogP) is 4.33. The summed E-state index contributed by atoms with van der Waals surface area (Å²) in [5.74, 6) is 2.37. The Bertz CT molecular complexity index is 1720. The summed E-state index contributed by atoms with van der Waals surface area (Å²) in [5, 5.41) is 19.9. The number of tetrazole rings is 1. The Labute approximate surface area is 222 Å². The number of carbonyl (C=O) groups excluding carboxylic acids is 1. The first-order valence-corrected chi connectivity index (χ1v) is 13.9. The van der Waals surface area contributed by atoms with Crippen LogP contribution in [0.5, 0.6) is 0 Å². The lowest BCUT2D eigenvalue weighted by Crippen LogP contribution is -2.59. The quantitative estimate of drug-likeness (QED) is 0.318. The van der Waals surface area contributed by atoms with Gasteiger partial charge in [-0.05, 0) is 68.1 Å². The van der Waals surface area contributed by atoms with Gasteiger partial charge in [-0.1, -0.05) is 30.3 Å². The molecule has 38 heavy (non-hydrogen) atoms. The fraction of sp³-hybridized carbons (Fsp3) is 0.444. The van der Waals surface area contributed by atoms with E-state index in [4.69, 9.17) is 19.9 Å². The van der Waals surface area contributed by atoms with Crippen molar-refractivity contribution in [2.45, 2.75) is 56.4 Å². The van der Waals surface area contributed by atoms with Gasteiger partial charge in [-0.3, -0.25) is 0 Å². The highest BCUT2D eigenvalue weighted by Crippen LogP contribution is 2.64. The number of fused-ring (bicyclic) bond motifs is 3. The summed E-state index contributed by atoms with van der Waals surface area (Å²) in [4.78, 5) is 25.4. The van der Waals surface area contributed by atoms with Crippen LogP contribution >= 0.6 is 11.3 Å². The molecule has 4 aliphatic carbocycles. The Hall–Kier alpha value is -3.73. The zero-order valence-corrected chi connectivity index (χ0v) is 22.0.